The van der Waals surface area contributed by atoms with E-state index < -0.39 is 12.0 Å². The van der Waals surface area contributed by atoms with Crippen LogP contribution < -0.4 is 16.0 Å². The summed E-state index contributed by atoms with van der Waals surface area (Å²) in [5, 5.41) is 16.8. The molecular weight excluding hydrogens is 284 g/mol. The predicted octanol–water partition coefficient (Wildman–Crippen LogP) is 0.0850. The van der Waals surface area contributed by atoms with Crippen LogP contribution in [0.1, 0.15) is 27.3 Å². The topological polar surface area (TPSA) is 120 Å². The van der Waals surface area contributed by atoms with Crippen molar-refractivity contribution in [3.8, 4) is 0 Å². The Morgan fingerprint density at radius 1 is 1.25 bits per heavy atom. The highest BCUT2D eigenvalue weighted by molar-refractivity contribution is 7.13. The van der Waals surface area contributed by atoms with Crippen molar-refractivity contribution in [1.29, 1.82) is 0 Å². The van der Waals surface area contributed by atoms with Crippen molar-refractivity contribution in [2.75, 3.05) is 13.1 Å². The molecule has 1 heterocycles. The van der Waals surface area contributed by atoms with Gasteiger partial charge >= 0.3 is 12.0 Å². The largest absolute Gasteiger partial charge is 0.477 e. The van der Waals surface area contributed by atoms with Gasteiger partial charge in [0.2, 0.25) is 5.91 Å². The number of urea groups is 1. The molecule has 0 saturated carbocycles. The van der Waals surface area contributed by atoms with Gasteiger partial charge in [-0.2, -0.15) is 0 Å². The molecule has 20 heavy (non-hydrogen) atoms. The fraction of sp³-hybridized carbons (Fsp3) is 0.455. The van der Waals surface area contributed by atoms with Crippen molar-refractivity contribution in [3.63, 3.8) is 0 Å². The lowest BCUT2D eigenvalue weighted by atomic mass is 10.4. The molecule has 0 saturated heterocycles. The maximum Gasteiger partial charge on any atom is 0.347 e. The number of aromatic nitrogens is 1. The highest BCUT2D eigenvalue weighted by Crippen LogP contribution is 2.17. The zero-order chi connectivity index (χ0) is 15.1. The number of aromatic carboxylic acids is 1. The lowest BCUT2D eigenvalue weighted by Crippen LogP contribution is -2.41. The second-order valence-electron chi connectivity index (χ2n) is 3.82. The van der Waals surface area contributed by atoms with E-state index in [1.165, 1.54) is 0 Å². The van der Waals surface area contributed by atoms with Crippen molar-refractivity contribution >= 4 is 29.2 Å². The summed E-state index contributed by atoms with van der Waals surface area (Å²) < 4.78 is 0. The number of carboxylic acid groups (broad SMARTS) is 1. The Kier molecular flexibility index (Phi) is 5.91. The second-order valence-corrected chi connectivity index (χ2v) is 4.90. The van der Waals surface area contributed by atoms with E-state index in [0.717, 1.165) is 11.3 Å². The molecule has 1 aromatic rings. The SMILES string of the molecule is CCNC(=O)CNC(=O)NCc1nc(C)c(C(=O)O)s1. The summed E-state index contributed by atoms with van der Waals surface area (Å²) in [7, 11) is 0. The van der Waals surface area contributed by atoms with Crippen molar-refractivity contribution in [2.24, 2.45) is 0 Å². The molecule has 0 atom stereocenters. The fourth-order valence-electron chi connectivity index (χ4n) is 1.36. The van der Waals surface area contributed by atoms with Gasteiger partial charge in [-0.3, -0.25) is 4.79 Å². The summed E-state index contributed by atoms with van der Waals surface area (Å²) in [6.07, 6.45) is 0. The molecule has 1 aromatic heterocycles. The quantitative estimate of drug-likeness (QED) is 0.593. The fourth-order valence-corrected chi connectivity index (χ4v) is 2.21. The molecule has 0 aliphatic rings. The van der Waals surface area contributed by atoms with E-state index in [9.17, 15) is 14.4 Å². The Morgan fingerprint density at radius 2 is 1.95 bits per heavy atom. The molecule has 0 aliphatic carbocycles. The van der Waals surface area contributed by atoms with E-state index in [1.54, 1.807) is 13.8 Å². The third-order valence-corrected chi connectivity index (χ3v) is 3.36. The van der Waals surface area contributed by atoms with Crippen molar-refractivity contribution < 1.29 is 19.5 Å². The number of carbonyl (C=O) groups is 3. The second kappa shape index (κ2) is 7.43. The van der Waals surface area contributed by atoms with E-state index in [2.05, 4.69) is 20.9 Å². The number of carboxylic acids is 1. The molecule has 1 rings (SSSR count). The highest BCUT2D eigenvalue weighted by Gasteiger charge is 2.14. The van der Waals surface area contributed by atoms with E-state index in [-0.39, 0.29) is 23.9 Å². The predicted molar refractivity (Wildman–Crippen MR) is 72.7 cm³/mol. The summed E-state index contributed by atoms with van der Waals surface area (Å²) in [6.45, 7) is 3.87. The zero-order valence-corrected chi connectivity index (χ0v) is 12.0. The molecule has 0 fully saturated rings. The first-order valence-corrected chi connectivity index (χ1v) is 6.73. The van der Waals surface area contributed by atoms with Crippen molar-refractivity contribution in [2.45, 2.75) is 20.4 Å². The Balaban J connectivity index is 2.39. The average Bonchev–Trinajstić information content (AvgIpc) is 2.76. The first-order chi connectivity index (χ1) is 9.43. The van der Waals surface area contributed by atoms with Gasteiger partial charge in [0.05, 0.1) is 18.8 Å². The van der Waals surface area contributed by atoms with Gasteiger partial charge in [-0.05, 0) is 13.8 Å². The minimum Gasteiger partial charge on any atom is -0.477 e. The Morgan fingerprint density at radius 3 is 2.50 bits per heavy atom. The summed E-state index contributed by atoms with van der Waals surface area (Å²) in [6, 6.07) is -0.513. The Hall–Kier alpha value is -2.16. The van der Waals surface area contributed by atoms with Crippen molar-refractivity contribution in [1.82, 2.24) is 20.9 Å². The van der Waals surface area contributed by atoms with Crippen LogP contribution in [-0.4, -0.2) is 41.1 Å². The lowest BCUT2D eigenvalue weighted by molar-refractivity contribution is -0.119. The van der Waals surface area contributed by atoms with Crippen LogP contribution in [0.15, 0.2) is 0 Å². The Labute approximate surface area is 119 Å². The van der Waals surface area contributed by atoms with Crippen LogP contribution in [0.2, 0.25) is 0 Å². The first-order valence-electron chi connectivity index (χ1n) is 5.92. The minimum absolute atomic E-state index is 0.111. The molecule has 4 N–H and O–H groups in total. The maximum atomic E-state index is 11.4. The van der Waals surface area contributed by atoms with Gasteiger partial charge in [0.1, 0.15) is 9.88 Å². The highest BCUT2D eigenvalue weighted by atomic mass is 32.1. The summed E-state index contributed by atoms with van der Waals surface area (Å²) >= 11 is 1.01. The van der Waals surface area contributed by atoms with Gasteiger partial charge in [0.15, 0.2) is 0 Å². The van der Waals surface area contributed by atoms with Crippen LogP contribution in [0.5, 0.6) is 0 Å². The summed E-state index contributed by atoms with van der Waals surface area (Å²) in [5.41, 5.74) is 0.419. The molecule has 3 amide bonds. The number of nitrogens with zero attached hydrogens (tertiary/aromatic N) is 1. The van der Waals surface area contributed by atoms with Crippen LogP contribution in [0.25, 0.3) is 0 Å². The van der Waals surface area contributed by atoms with Gasteiger partial charge in [0.25, 0.3) is 0 Å². The number of thiazole rings is 1. The third-order valence-electron chi connectivity index (χ3n) is 2.22. The molecule has 8 nitrogen and oxygen atoms in total. The molecule has 0 bridgehead atoms. The van der Waals surface area contributed by atoms with E-state index in [0.29, 0.717) is 17.2 Å². The number of nitrogens with one attached hydrogen (secondary N) is 3. The molecule has 0 spiro atoms. The van der Waals surface area contributed by atoms with Crippen LogP contribution in [-0.2, 0) is 11.3 Å². The molecular formula is C11H16N4O4S. The smallest absolute Gasteiger partial charge is 0.347 e. The molecule has 110 valence electrons. The summed E-state index contributed by atoms with van der Waals surface area (Å²) in [4.78, 5) is 37.6. The molecule has 0 unspecified atom stereocenters. The van der Waals surface area contributed by atoms with E-state index in [1.807, 2.05) is 0 Å². The monoisotopic (exact) mass is 300 g/mol. The Bertz CT molecular complexity index is 515. The van der Waals surface area contributed by atoms with Gasteiger partial charge < -0.3 is 21.1 Å². The number of rotatable bonds is 6. The zero-order valence-electron chi connectivity index (χ0n) is 11.1. The van der Waals surface area contributed by atoms with Crippen LogP contribution in [0.4, 0.5) is 4.79 Å². The van der Waals surface area contributed by atoms with Gasteiger partial charge in [0, 0.05) is 6.54 Å². The summed E-state index contributed by atoms with van der Waals surface area (Å²) in [5.74, 6) is -1.31. The molecule has 9 heteroatoms. The van der Waals surface area contributed by atoms with Crippen LogP contribution in [0.3, 0.4) is 0 Å². The number of amides is 3. The normalized spacial score (nSPS) is 9.90. The minimum atomic E-state index is -1.04. The molecule has 0 radical (unpaired) electrons. The van der Waals surface area contributed by atoms with Crippen LogP contribution >= 0.6 is 11.3 Å². The lowest BCUT2D eigenvalue weighted by Gasteiger charge is -2.06. The number of hydrogen-bond acceptors (Lipinski definition) is 5. The average molecular weight is 300 g/mol. The van der Waals surface area contributed by atoms with Gasteiger partial charge in [-0.15, -0.1) is 11.3 Å². The van der Waals surface area contributed by atoms with Crippen LogP contribution in [0, 0.1) is 6.92 Å². The number of carbonyl (C=O) groups excluding carboxylic acids is 2. The number of likely N-dealkylation sites (N-methyl/N-ethyl adjacent to an activating group) is 1. The van der Waals surface area contributed by atoms with E-state index >= 15 is 0 Å². The number of aryl methyl sites for hydroxylation is 1. The first kappa shape index (κ1) is 15.9. The molecule has 0 aliphatic heterocycles. The standard InChI is InChI=1S/C11H16N4O4S/c1-3-12-7(16)4-13-11(19)14-5-8-15-6(2)9(20-8)10(17)18/h3-5H2,1-2H3,(H,12,16)(H,17,18)(H2,13,14,19). The number of hydrogen-bond donors (Lipinski definition) is 4. The van der Waals surface area contributed by atoms with Gasteiger partial charge in [-0.25, -0.2) is 14.6 Å². The third kappa shape index (κ3) is 4.84. The van der Waals surface area contributed by atoms with E-state index in [4.69, 9.17) is 5.11 Å². The van der Waals surface area contributed by atoms with Crippen molar-refractivity contribution in [3.05, 3.63) is 15.6 Å². The maximum absolute atomic E-state index is 11.4. The molecule has 0 aromatic carbocycles. The van der Waals surface area contributed by atoms with Gasteiger partial charge in [-0.1, -0.05) is 0 Å².